The second-order valence-corrected chi connectivity index (χ2v) is 11.6. The molecule has 3 aromatic rings. The van der Waals surface area contributed by atoms with Crippen molar-refractivity contribution in [1.82, 2.24) is 14.2 Å². The molecule has 0 bridgehead atoms. The summed E-state index contributed by atoms with van der Waals surface area (Å²) in [5.74, 6) is 0.607. The summed E-state index contributed by atoms with van der Waals surface area (Å²) in [4.78, 5) is 18.1. The van der Waals surface area contributed by atoms with E-state index in [1.807, 2.05) is 36.5 Å². The summed E-state index contributed by atoms with van der Waals surface area (Å²) in [6.45, 7) is 5.03. The number of nitrogens with one attached hydrogen (secondary N) is 1. The second kappa shape index (κ2) is 11.3. The van der Waals surface area contributed by atoms with Gasteiger partial charge >= 0.3 is 0 Å². The molecule has 0 saturated carbocycles. The molecule has 1 aromatic heterocycles. The molecular weight excluding hydrogens is 472 g/mol. The van der Waals surface area contributed by atoms with Crippen molar-refractivity contribution in [2.75, 3.05) is 38.5 Å². The maximum Gasteiger partial charge on any atom is 0.250 e. The summed E-state index contributed by atoms with van der Waals surface area (Å²) in [6, 6.07) is 11.7. The lowest BCUT2D eigenvalue weighted by Gasteiger charge is -2.31. The summed E-state index contributed by atoms with van der Waals surface area (Å²) in [7, 11) is -0.920. The molecule has 2 saturated heterocycles. The molecule has 192 valence electrons. The first-order valence-electron chi connectivity index (χ1n) is 13.0. The highest BCUT2D eigenvalue weighted by Gasteiger charge is 2.27. The molecular formula is C28H36N4O3S. The highest BCUT2D eigenvalue weighted by molar-refractivity contribution is 7.82. The van der Waals surface area contributed by atoms with Crippen LogP contribution in [-0.2, 0) is 17.6 Å². The Morgan fingerprint density at radius 3 is 2.58 bits per heavy atom. The third-order valence-electron chi connectivity index (χ3n) is 7.70. The standard InChI is InChI=1S/C28H36N4O3S/c29-28(34)25-17-23(22-6-3-5-20(15-22)19-33)16-24-26(18-30-27(24)25)21-7-12-32(13-8-21)36(35)14-4-11-31-9-1-2-10-31/h3,5-6,15-18,21,30,33H,1-2,4,7-14,19H2,(H2,29,34). The monoisotopic (exact) mass is 508 g/mol. The fourth-order valence-corrected chi connectivity index (χ4v) is 6.97. The number of aromatic nitrogens is 1. The Bertz CT molecular complexity index is 1240. The summed E-state index contributed by atoms with van der Waals surface area (Å²) < 4.78 is 15.0. The lowest BCUT2D eigenvalue weighted by atomic mass is 9.88. The Kier molecular flexibility index (Phi) is 7.86. The molecule has 0 aliphatic carbocycles. The molecule has 4 N–H and O–H groups in total. The second-order valence-electron chi connectivity index (χ2n) is 10.0. The molecule has 0 spiro atoms. The molecule has 1 amide bonds. The van der Waals surface area contributed by atoms with Crippen LogP contribution in [0, 0.1) is 0 Å². The summed E-state index contributed by atoms with van der Waals surface area (Å²) in [6.07, 6.45) is 7.45. The molecule has 2 aliphatic heterocycles. The van der Waals surface area contributed by atoms with Gasteiger partial charge in [0.05, 0.1) is 28.7 Å². The fraction of sp³-hybridized carbons (Fsp3) is 0.464. The Hall–Kier alpha value is -2.52. The molecule has 8 heteroatoms. The van der Waals surface area contributed by atoms with E-state index in [0.29, 0.717) is 11.5 Å². The number of H-pyrrole nitrogens is 1. The van der Waals surface area contributed by atoms with Gasteiger partial charge in [-0.15, -0.1) is 0 Å². The number of hydrogen-bond donors (Lipinski definition) is 3. The first-order valence-corrected chi connectivity index (χ1v) is 14.3. The van der Waals surface area contributed by atoms with E-state index in [9.17, 15) is 14.1 Å². The quantitative estimate of drug-likeness (QED) is 0.410. The van der Waals surface area contributed by atoms with Gasteiger partial charge < -0.3 is 20.7 Å². The molecule has 7 nitrogen and oxygen atoms in total. The van der Waals surface area contributed by atoms with E-state index >= 15 is 0 Å². The minimum Gasteiger partial charge on any atom is -0.392 e. The van der Waals surface area contributed by atoms with Crippen molar-refractivity contribution in [2.24, 2.45) is 5.73 Å². The predicted octanol–water partition coefficient (Wildman–Crippen LogP) is 3.76. The van der Waals surface area contributed by atoms with Crippen LogP contribution < -0.4 is 5.73 Å². The van der Waals surface area contributed by atoms with Crippen molar-refractivity contribution in [1.29, 1.82) is 0 Å². The molecule has 1 atom stereocenters. The summed E-state index contributed by atoms with van der Waals surface area (Å²) in [5, 5.41) is 10.6. The fourth-order valence-electron chi connectivity index (χ4n) is 5.72. The van der Waals surface area contributed by atoms with Crippen LogP contribution in [-0.4, -0.2) is 67.9 Å². The molecule has 36 heavy (non-hydrogen) atoms. The van der Waals surface area contributed by atoms with Crippen molar-refractivity contribution in [3.63, 3.8) is 0 Å². The van der Waals surface area contributed by atoms with Gasteiger partial charge in [0.2, 0.25) is 0 Å². The number of amides is 1. The van der Waals surface area contributed by atoms with Crippen LogP contribution in [0.5, 0.6) is 0 Å². The van der Waals surface area contributed by atoms with Gasteiger partial charge in [-0.1, -0.05) is 18.2 Å². The number of carbonyl (C=O) groups is 1. The third kappa shape index (κ3) is 5.42. The van der Waals surface area contributed by atoms with Gasteiger partial charge in [-0.25, -0.2) is 8.51 Å². The lowest BCUT2D eigenvalue weighted by molar-refractivity contribution is 0.100. The van der Waals surface area contributed by atoms with Crippen LogP contribution in [0.2, 0.25) is 0 Å². The van der Waals surface area contributed by atoms with Crippen LogP contribution in [0.4, 0.5) is 0 Å². The first kappa shape index (κ1) is 25.1. The lowest BCUT2D eigenvalue weighted by Crippen LogP contribution is -2.36. The molecule has 5 rings (SSSR count). The molecule has 0 radical (unpaired) electrons. The van der Waals surface area contributed by atoms with Crippen molar-refractivity contribution >= 4 is 27.8 Å². The Labute approximate surface area is 215 Å². The minimum absolute atomic E-state index is 0.0354. The predicted molar refractivity (Wildman–Crippen MR) is 145 cm³/mol. The first-order chi connectivity index (χ1) is 17.5. The van der Waals surface area contributed by atoms with Gasteiger partial charge in [0.25, 0.3) is 5.91 Å². The maximum atomic E-state index is 12.9. The van der Waals surface area contributed by atoms with Crippen molar-refractivity contribution < 1.29 is 14.1 Å². The molecule has 2 aliphatic rings. The number of aliphatic hydroxyl groups excluding tert-OH is 1. The Balaban J connectivity index is 1.31. The molecule has 3 heterocycles. The van der Waals surface area contributed by atoms with Crippen molar-refractivity contribution in [3.05, 3.63) is 59.3 Å². The zero-order chi connectivity index (χ0) is 25.1. The number of benzene rings is 2. The number of hydrogen-bond acceptors (Lipinski definition) is 4. The smallest absolute Gasteiger partial charge is 0.250 e. The topological polar surface area (TPSA) is 103 Å². The SMILES string of the molecule is NC(=O)c1cc(-c2cccc(CO)c2)cc2c(C3CCN(S(=O)CCCN4CCCC4)CC3)c[nH]c12. The van der Waals surface area contributed by atoms with E-state index in [1.165, 1.54) is 31.5 Å². The summed E-state index contributed by atoms with van der Waals surface area (Å²) >= 11 is 0. The van der Waals surface area contributed by atoms with Crippen LogP contribution in [0.25, 0.3) is 22.0 Å². The molecule has 2 aromatic carbocycles. The number of rotatable bonds is 9. The average Bonchev–Trinajstić information content (AvgIpc) is 3.58. The van der Waals surface area contributed by atoms with Gasteiger partial charge in [0.1, 0.15) is 0 Å². The number of aliphatic hydroxyl groups is 1. The van der Waals surface area contributed by atoms with Gasteiger partial charge in [0.15, 0.2) is 0 Å². The number of fused-ring (bicyclic) bond motifs is 1. The third-order valence-corrected chi connectivity index (χ3v) is 9.28. The van der Waals surface area contributed by atoms with Gasteiger partial charge in [-0.2, -0.15) is 0 Å². The van der Waals surface area contributed by atoms with E-state index in [-0.39, 0.29) is 6.61 Å². The number of nitrogens with zero attached hydrogens (tertiary/aromatic N) is 2. The number of aromatic amines is 1. The number of primary amides is 1. The molecule has 2 fully saturated rings. The largest absolute Gasteiger partial charge is 0.392 e. The van der Waals surface area contributed by atoms with Crippen molar-refractivity contribution in [3.8, 4) is 11.1 Å². The zero-order valence-corrected chi connectivity index (χ0v) is 21.6. The van der Waals surface area contributed by atoms with Gasteiger partial charge in [-0.3, -0.25) is 4.79 Å². The zero-order valence-electron chi connectivity index (χ0n) is 20.7. The van der Waals surface area contributed by atoms with Gasteiger partial charge in [0, 0.05) is 30.4 Å². The van der Waals surface area contributed by atoms with E-state index in [1.54, 1.807) is 0 Å². The highest BCUT2D eigenvalue weighted by atomic mass is 32.2. The Morgan fingerprint density at radius 2 is 1.86 bits per heavy atom. The van der Waals surface area contributed by atoms with Crippen molar-refractivity contribution in [2.45, 2.75) is 44.6 Å². The van der Waals surface area contributed by atoms with Crippen LogP contribution in [0.3, 0.4) is 0 Å². The van der Waals surface area contributed by atoms with E-state index in [4.69, 9.17) is 5.73 Å². The number of carbonyl (C=O) groups excluding carboxylic acids is 1. The van der Waals surface area contributed by atoms with Gasteiger partial charge in [-0.05, 0) is 98.1 Å². The van der Waals surface area contributed by atoms with E-state index in [2.05, 4.69) is 20.3 Å². The minimum atomic E-state index is -0.920. The number of piperidine rings is 1. The average molecular weight is 509 g/mol. The normalized spacial score (nSPS) is 18.7. The molecule has 1 unspecified atom stereocenters. The summed E-state index contributed by atoms with van der Waals surface area (Å²) in [5.41, 5.74) is 10.9. The highest BCUT2D eigenvalue weighted by Crippen LogP contribution is 2.37. The number of nitrogens with two attached hydrogens (primary N) is 1. The van der Waals surface area contributed by atoms with E-state index < -0.39 is 16.9 Å². The van der Waals surface area contributed by atoms with Crippen LogP contribution in [0.15, 0.2) is 42.6 Å². The van der Waals surface area contributed by atoms with E-state index in [0.717, 1.165) is 72.2 Å². The maximum absolute atomic E-state index is 12.9. The van der Waals surface area contributed by atoms with Crippen LogP contribution >= 0.6 is 0 Å². The number of likely N-dealkylation sites (tertiary alicyclic amines) is 1. The van der Waals surface area contributed by atoms with Crippen LogP contribution in [0.1, 0.15) is 59.5 Å². The Morgan fingerprint density at radius 1 is 1.08 bits per heavy atom.